The molecule has 0 heterocycles. The molecule has 284 valence electrons. The van der Waals surface area contributed by atoms with Gasteiger partial charge in [-0.3, -0.25) is 9.59 Å². The summed E-state index contributed by atoms with van der Waals surface area (Å²) in [6.07, 6.45) is 8.84. The van der Waals surface area contributed by atoms with E-state index in [0.717, 1.165) is 25.0 Å². The van der Waals surface area contributed by atoms with Crippen LogP contribution in [0.3, 0.4) is 0 Å². The minimum Gasteiger partial charge on any atom is -0.463 e. The van der Waals surface area contributed by atoms with Crippen LogP contribution in [0.15, 0.2) is 83.6 Å². The van der Waals surface area contributed by atoms with E-state index >= 15 is 0 Å². The number of benzene rings is 2. The quantitative estimate of drug-likeness (QED) is 0.0582. The lowest BCUT2D eigenvalue weighted by molar-refractivity contribution is -0.145. The van der Waals surface area contributed by atoms with Gasteiger partial charge in [-0.05, 0) is 99.9 Å². The first kappa shape index (κ1) is 42.1. The van der Waals surface area contributed by atoms with E-state index in [9.17, 15) is 36.0 Å². The van der Waals surface area contributed by atoms with Gasteiger partial charge in [-0.2, -0.15) is 0 Å². The van der Waals surface area contributed by atoms with E-state index in [0.29, 0.717) is 64.2 Å². The summed E-state index contributed by atoms with van der Waals surface area (Å²) in [7, 11) is -7.03. The number of sulfone groups is 2. The molecule has 3 rings (SSSR count). The number of carbonyl (C=O) groups excluding carboxylic acids is 4. The monoisotopic (exact) mass is 760 g/mol. The normalized spacial score (nSPS) is 15.9. The lowest BCUT2D eigenvalue weighted by Crippen LogP contribution is -2.30. The van der Waals surface area contributed by atoms with Gasteiger partial charge in [0.1, 0.15) is 11.5 Å². The van der Waals surface area contributed by atoms with Crippen molar-refractivity contribution in [3.05, 3.63) is 73.8 Å². The molecule has 0 radical (unpaired) electrons. The Morgan fingerprint density at radius 1 is 0.538 bits per heavy atom. The van der Waals surface area contributed by atoms with Gasteiger partial charge in [0.2, 0.25) is 0 Å². The zero-order valence-corrected chi connectivity index (χ0v) is 31.0. The first-order chi connectivity index (χ1) is 24.8. The molecule has 52 heavy (non-hydrogen) atoms. The summed E-state index contributed by atoms with van der Waals surface area (Å²) in [6.45, 7) is 7.18. The van der Waals surface area contributed by atoms with Gasteiger partial charge in [-0.1, -0.05) is 38.8 Å². The zero-order valence-electron chi connectivity index (χ0n) is 29.4. The SMILES string of the molecule is C=CC(=O)OCCCCCCS(=O)(=O)c1ccc(OC(=O)[C@H]2CC[C@H](C(=O)Oc3ccc(S(=O)(=O)CCCCCCOC(=O)C=C)cc3)CC2)cc1. The minimum absolute atomic E-state index is 0.0290. The van der Waals surface area contributed by atoms with Gasteiger partial charge in [-0.15, -0.1) is 0 Å². The van der Waals surface area contributed by atoms with Crippen molar-refractivity contribution in [3.63, 3.8) is 0 Å². The van der Waals surface area contributed by atoms with Crippen LogP contribution in [0.1, 0.15) is 77.0 Å². The fourth-order valence-electron chi connectivity index (χ4n) is 5.59. The van der Waals surface area contributed by atoms with Gasteiger partial charge in [0.15, 0.2) is 19.7 Å². The molecule has 1 aliphatic rings. The van der Waals surface area contributed by atoms with E-state index in [1.807, 2.05) is 0 Å². The van der Waals surface area contributed by atoms with E-state index in [1.54, 1.807) is 0 Å². The van der Waals surface area contributed by atoms with Gasteiger partial charge in [0.25, 0.3) is 0 Å². The van der Waals surface area contributed by atoms with Crippen LogP contribution in [-0.4, -0.2) is 65.4 Å². The van der Waals surface area contributed by atoms with Gasteiger partial charge >= 0.3 is 23.9 Å². The molecule has 1 aliphatic carbocycles. The third-order valence-electron chi connectivity index (χ3n) is 8.63. The predicted octanol–water partition coefficient (Wildman–Crippen LogP) is 6.13. The lowest BCUT2D eigenvalue weighted by atomic mass is 9.82. The van der Waals surface area contributed by atoms with Crippen molar-refractivity contribution < 1.29 is 55.0 Å². The Morgan fingerprint density at radius 2 is 0.865 bits per heavy atom. The average Bonchev–Trinajstić information content (AvgIpc) is 3.14. The van der Waals surface area contributed by atoms with E-state index in [1.165, 1.54) is 48.5 Å². The highest BCUT2D eigenvalue weighted by Crippen LogP contribution is 2.32. The van der Waals surface area contributed by atoms with Gasteiger partial charge in [0, 0.05) is 12.2 Å². The predicted molar refractivity (Wildman–Crippen MR) is 193 cm³/mol. The van der Waals surface area contributed by atoms with Crippen molar-refractivity contribution in [2.75, 3.05) is 24.7 Å². The molecule has 0 aliphatic heterocycles. The van der Waals surface area contributed by atoms with Crippen molar-refractivity contribution in [2.45, 2.75) is 86.8 Å². The standard InChI is InChI=1S/C38H48O12S2/c1-3-35(39)47-25-9-5-7-11-27-51(43,44)33-21-17-31(18-22-33)49-37(41)29-13-15-30(16-14-29)38(42)50-32-19-23-34(24-20-32)52(45,46)28-12-8-6-10-26-48-36(40)4-2/h3-4,17-24,29-30H,1-2,5-16,25-28H2/t29-,30-. The summed E-state index contributed by atoms with van der Waals surface area (Å²) in [5, 5.41) is 0. The average molecular weight is 761 g/mol. The molecule has 0 N–H and O–H groups in total. The van der Waals surface area contributed by atoms with Crippen molar-refractivity contribution in [1.82, 2.24) is 0 Å². The van der Waals surface area contributed by atoms with Crippen LogP contribution in [-0.2, 0) is 48.3 Å². The second kappa shape index (κ2) is 21.3. The largest absolute Gasteiger partial charge is 0.463 e. The molecule has 12 nitrogen and oxygen atoms in total. The first-order valence-electron chi connectivity index (χ1n) is 17.5. The number of hydrogen-bond donors (Lipinski definition) is 0. The molecule has 2 aromatic carbocycles. The van der Waals surface area contributed by atoms with E-state index < -0.39 is 55.4 Å². The highest BCUT2D eigenvalue weighted by atomic mass is 32.2. The third-order valence-corrected chi connectivity index (χ3v) is 12.3. The molecule has 1 fully saturated rings. The van der Waals surface area contributed by atoms with Gasteiger partial charge < -0.3 is 18.9 Å². The second-order valence-corrected chi connectivity index (χ2v) is 16.8. The Morgan fingerprint density at radius 3 is 1.19 bits per heavy atom. The number of ether oxygens (including phenoxy) is 4. The van der Waals surface area contributed by atoms with Gasteiger partial charge in [0.05, 0.1) is 46.3 Å². The van der Waals surface area contributed by atoms with E-state index in [4.69, 9.17) is 18.9 Å². The third kappa shape index (κ3) is 14.4. The fraction of sp³-hybridized carbons (Fsp3) is 0.474. The molecule has 2 aromatic rings. The van der Waals surface area contributed by atoms with Crippen LogP contribution in [0.2, 0.25) is 0 Å². The Bertz CT molecular complexity index is 1590. The van der Waals surface area contributed by atoms with Crippen LogP contribution >= 0.6 is 0 Å². The Balaban J connectivity index is 1.36. The topological polar surface area (TPSA) is 173 Å². The van der Waals surface area contributed by atoms with Crippen LogP contribution in [0.25, 0.3) is 0 Å². The molecule has 1 saturated carbocycles. The molecular formula is C38H48O12S2. The van der Waals surface area contributed by atoms with E-state index in [2.05, 4.69) is 13.2 Å². The van der Waals surface area contributed by atoms with Crippen LogP contribution in [0, 0.1) is 11.8 Å². The molecule has 0 unspecified atom stereocenters. The number of rotatable bonds is 22. The minimum atomic E-state index is -3.51. The highest BCUT2D eigenvalue weighted by Gasteiger charge is 2.32. The van der Waals surface area contributed by atoms with Crippen molar-refractivity contribution in [1.29, 1.82) is 0 Å². The highest BCUT2D eigenvalue weighted by molar-refractivity contribution is 7.91. The maximum absolute atomic E-state index is 12.8. The number of hydrogen-bond acceptors (Lipinski definition) is 12. The Labute approximate surface area is 306 Å². The van der Waals surface area contributed by atoms with Crippen LogP contribution in [0.5, 0.6) is 11.5 Å². The number of esters is 4. The summed E-state index contributed by atoms with van der Waals surface area (Å²) < 4.78 is 71.7. The number of unbranched alkanes of at least 4 members (excludes halogenated alkanes) is 6. The Kier molecular flexibility index (Phi) is 17.2. The molecule has 0 spiro atoms. The molecule has 0 saturated heterocycles. The molecule has 0 aromatic heterocycles. The van der Waals surface area contributed by atoms with Gasteiger partial charge in [-0.25, -0.2) is 26.4 Å². The number of carbonyl (C=O) groups is 4. The summed E-state index contributed by atoms with van der Waals surface area (Å²) in [5.74, 6) is -2.31. The summed E-state index contributed by atoms with van der Waals surface area (Å²) in [6, 6.07) is 11.5. The summed E-state index contributed by atoms with van der Waals surface area (Å²) in [5.41, 5.74) is 0. The lowest BCUT2D eigenvalue weighted by Gasteiger charge is -2.25. The van der Waals surface area contributed by atoms with Crippen molar-refractivity contribution in [2.24, 2.45) is 11.8 Å². The maximum atomic E-state index is 12.8. The van der Waals surface area contributed by atoms with Crippen molar-refractivity contribution >= 4 is 43.6 Å². The summed E-state index contributed by atoms with van der Waals surface area (Å²) in [4.78, 5) is 48.0. The van der Waals surface area contributed by atoms with E-state index in [-0.39, 0.29) is 46.0 Å². The smallest absolute Gasteiger partial charge is 0.330 e. The zero-order chi connectivity index (χ0) is 38.0. The fourth-order valence-corrected chi connectivity index (χ4v) is 8.33. The maximum Gasteiger partial charge on any atom is 0.330 e. The van der Waals surface area contributed by atoms with Crippen molar-refractivity contribution in [3.8, 4) is 11.5 Å². The summed E-state index contributed by atoms with van der Waals surface area (Å²) >= 11 is 0. The first-order valence-corrected chi connectivity index (χ1v) is 20.8. The second-order valence-electron chi connectivity index (χ2n) is 12.5. The molecule has 0 bridgehead atoms. The van der Waals surface area contributed by atoms with Crippen LogP contribution in [0.4, 0.5) is 0 Å². The molecule has 0 amide bonds. The molecule has 0 atom stereocenters. The Hall–Kier alpha value is -4.30. The van der Waals surface area contributed by atoms with Crippen LogP contribution < -0.4 is 9.47 Å². The molecule has 14 heteroatoms. The molecular weight excluding hydrogens is 713 g/mol.